The number of nitrogens with one attached hydrogen (secondary N) is 1. The van der Waals surface area contributed by atoms with Crippen LogP contribution in [-0.4, -0.2) is 44.3 Å². The molecule has 2 amide bonds. The molecule has 0 saturated carbocycles. The summed E-state index contributed by atoms with van der Waals surface area (Å²) in [5, 5.41) is 3.39. The van der Waals surface area contributed by atoms with E-state index >= 15 is 0 Å². The number of anilines is 1. The van der Waals surface area contributed by atoms with Crippen molar-refractivity contribution in [2.75, 3.05) is 17.4 Å². The Bertz CT molecular complexity index is 1440. The Morgan fingerprint density at radius 1 is 0.950 bits per heavy atom. The van der Waals surface area contributed by atoms with Crippen molar-refractivity contribution in [1.82, 2.24) is 10.2 Å². The van der Waals surface area contributed by atoms with Gasteiger partial charge in [-0.2, -0.15) is 0 Å². The van der Waals surface area contributed by atoms with E-state index in [1.165, 1.54) is 17.0 Å². The lowest BCUT2D eigenvalue weighted by molar-refractivity contribution is -0.139. The van der Waals surface area contributed by atoms with Gasteiger partial charge in [0.15, 0.2) is 0 Å². The molecular formula is C31H38ClN3O4S. The van der Waals surface area contributed by atoms with Gasteiger partial charge in [0.1, 0.15) is 12.6 Å². The molecule has 3 aromatic carbocycles. The zero-order valence-electron chi connectivity index (χ0n) is 23.8. The lowest BCUT2D eigenvalue weighted by atomic mass is 10.1. The number of benzene rings is 3. The normalized spacial score (nSPS) is 12.1. The molecule has 0 spiro atoms. The second-order valence-corrected chi connectivity index (χ2v) is 12.4. The molecule has 40 heavy (non-hydrogen) atoms. The van der Waals surface area contributed by atoms with E-state index in [4.69, 9.17) is 11.6 Å². The van der Waals surface area contributed by atoms with Crippen molar-refractivity contribution in [2.45, 2.75) is 64.9 Å². The van der Waals surface area contributed by atoms with Crippen LogP contribution < -0.4 is 9.62 Å². The molecule has 3 aromatic rings. The summed E-state index contributed by atoms with van der Waals surface area (Å²) < 4.78 is 29.0. The number of carbonyl (C=O) groups is 2. The van der Waals surface area contributed by atoms with E-state index < -0.39 is 28.5 Å². The molecule has 0 aliphatic rings. The number of sulfonamides is 1. The maximum atomic E-state index is 14.0. The molecule has 0 aromatic heterocycles. The topological polar surface area (TPSA) is 86.8 Å². The zero-order valence-corrected chi connectivity index (χ0v) is 25.3. The summed E-state index contributed by atoms with van der Waals surface area (Å²) in [5.41, 5.74) is 3.92. The monoisotopic (exact) mass is 583 g/mol. The van der Waals surface area contributed by atoms with E-state index in [1.807, 2.05) is 39.8 Å². The highest BCUT2D eigenvalue weighted by molar-refractivity contribution is 7.92. The van der Waals surface area contributed by atoms with Crippen LogP contribution in [0.25, 0.3) is 0 Å². The SMILES string of the molecule is CCCCNC(=O)[C@@H](C)N(Cc1cccc(Cl)c1)C(=O)CN(c1ccc(C)c(C)c1)S(=O)(=O)c1ccc(C)cc1. The number of amides is 2. The van der Waals surface area contributed by atoms with E-state index in [0.29, 0.717) is 17.3 Å². The number of carbonyl (C=O) groups excluding carboxylic acids is 2. The lowest BCUT2D eigenvalue weighted by Gasteiger charge is -2.32. The molecule has 7 nitrogen and oxygen atoms in total. The Labute approximate surface area is 243 Å². The minimum atomic E-state index is -4.11. The average molecular weight is 584 g/mol. The highest BCUT2D eigenvalue weighted by Crippen LogP contribution is 2.27. The van der Waals surface area contributed by atoms with Gasteiger partial charge in [-0.3, -0.25) is 13.9 Å². The van der Waals surface area contributed by atoms with Crippen LogP contribution in [0, 0.1) is 20.8 Å². The largest absolute Gasteiger partial charge is 0.354 e. The molecule has 0 aliphatic heterocycles. The van der Waals surface area contributed by atoms with Crippen LogP contribution in [0.4, 0.5) is 5.69 Å². The molecule has 3 rings (SSSR count). The van der Waals surface area contributed by atoms with Gasteiger partial charge in [0.05, 0.1) is 10.6 Å². The van der Waals surface area contributed by atoms with Crippen LogP contribution in [0.2, 0.25) is 5.02 Å². The summed E-state index contributed by atoms with van der Waals surface area (Å²) in [4.78, 5) is 28.5. The van der Waals surface area contributed by atoms with E-state index in [0.717, 1.165) is 39.4 Å². The molecule has 0 fully saturated rings. The highest BCUT2D eigenvalue weighted by Gasteiger charge is 2.32. The van der Waals surface area contributed by atoms with E-state index in [-0.39, 0.29) is 17.3 Å². The number of hydrogen-bond donors (Lipinski definition) is 1. The second kappa shape index (κ2) is 13.8. The van der Waals surface area contributed by atoms with Crippen LogP contribution in [-0.2, 0) is 26.2 Å². The van der Waals surface area contributed by atoms with Gasteiger partial charge in [-0.25, -0.2) is 8.42 Å². The zero-order chi connectivity index (χ0) is 29.4. The molecule has 1 N–H and O–H groups in total. The molecule has 0 aliphatic carbocycles. The van der Waals surface area contributed by atoms with E-state index in [9.17, 15) is 18.0 Å². The molecule has 1 atom stereocenters. The van der Waals surface area contributed by atoms with Crippen molar-refractivity contribution in [1.29, 1.82) is 0 Å². The lowest BCUT2D eigenvalue weighted by Crippen LogP contribution is -2.51. The first-order valence-corrected chi connectivity index (χ1v) is 15.2. The predicted molar refractivity (Wildman–Crippen MR) is 161 cm³/mol. The molecule has 214 valence electrons. The first-order valence-electron chi connectivity index (χ1n) is 13.4. The van der Waals surface area contributed by atoms with Crippen LogP contribution in [0.1, 0.15) is 48.9 Å². The minimum Gasteiger partial charge on any atom is -0.354 e. The predicted octanol–water partition coefficient (Wildman–Crippen LogP) is 5.79. The number of halogens is 1. The number of nitrogens with zero attached hydrogens (tertiary/aromatic N) is 2. The van der Waals surface area contributed by atoms with Gasteiger partial charge in [0, 0.05) is 18.1 Å². The van der Waals surface area contributed by atoms with Gasteiger partial charge in [-0.1, -0.05) is 60.8 Å². The number of hydrogen-bond acceptors (Lipinski definition) is 4. The third-order valence-corrected chi connectivity index (χ3v) is 8.93. The Kier molecular flexibility index (Phi) is 10.8. The quantitative estimate of drug-likeness (QED) is 0.273. The fraction of sp³-hybridized carbons (Fsp3) is 0.355. The Balaban J connectivity index is 2.03. The van der Waals surface area contributed by atoms with Crippen molar-refractivity contribution in [3.63, 3.8) is 0 Å². The van der Waals surface area contributed by atoms with Crippen molar-refractivity contribution in [3.05, 3.63) is 94.0 Å². The first kappa shape index (κ1) is 31.2. The highest BCUT2D eigenvalue weighted by atomic mass is 35.5. The number of rotatable bonds is 12. The Morgan fingerprint density at radius 3 is 2.27 bits per heavy atom. The summed E-state index contributed by atoms with van der Waals surface area (Å²) in [5.74, 6) is -0.810. The third kappa shape index (κ3) is 7.86. The fourth-order valence-corrected chi connectivity index (χ4v) is 5.82. The summed E-state index contributed by atoms with van der Waals surface area (Å²) in [6.45, 7) is 9.50. The van der Waals surface area contributed by atoms with Gasteiger partial charge in [-0.15, -0.1) is 0 Å². The van der Waals surface area contributed by atoms with Crippen molar-refractivity contribution in [3.8, 4) is 0 Å². The maximum absolute atomic E-state index is 14.0. The summed E-state index contributed by atoms with van der Waals surface area (Å²) in [6, 6.07) is 18.0. The van der Waals surface area contributed by atoms with Gasteiger partial charge < -0.3 is 10.2 Å². The van der Waals surface area contributed by atoms with Crippen LogP contribution in [0.5, 0.6) is 0 Å². The summed E-state index contributed by atoms with van der Waals surface area (Å²) in [6.07, 6.45) is 1.73. The smallest absolute Gasteiger partial charge is 0.264 e. The second-order valence-electron chi connectivity index (χ2n) is 10.1. The molecular weight excluding hydrogens is 546 g/mol. The van der Waals surface area contributed by atoms with Gasteiger partial charge in [-0.05, 0) is 87.2 Å². The number of aryl methyl sites for hydroxylation is 3. The Hall–Kier alpha value is -3.36. The molecule has 9 heteroatoms. The molecule has 0 saturated heterocycles. The van der Waals surface area contributed by atoms with Crippen molar-refractivity contribution in [2.24, 2.45) is 0 Å². The molecule has 0 unspecified atom stereocenters. The van der Waals surface area contributed by atoms with Crippen LogP contribution in [0.3, 0.4) is 0 Å². The molecule has 0 radical (unpaired) electrons. The average Bonchev–Trinajstić information content (AvgIpc) is 2.91. The van der Waals surface area contributed by atoms with E-state index in [2.05, 4.69) is 5.32 Å². The van der Waals surface area contributed by atoms with Gasteiger partial charge in [0.2, 0.25) is 11.8 Å². The molecule has 0 heterocycles. The van der Waals surface area contributed by atoms with Crippen LogP contribution in [0.15, 0.2) is 71.6 Å². The standard InChI is InChI=1S/C31H38ClN3O4S/c1-6-7-17-33-31(37)25(5)34(20-26-9-8-10-27(32)19-26)30(36)21-35(28-14-13-23(3)24(4)18-28)40(38,39)29-15-11-22(2)12-16-29/h8-16,18-19,25H,6-7,17,20-21H2,1-5H3,(H,33,37)/t25-/m1/s1. The van der Waals surface area contributed by atoms with E-state index in [1.54, 1.807) is 49.4 Å². The fourth-order valence-electron chi connectivity index (χ4n) is 4.20. The summed E-state index contributed by atoms with van der Waals surface area (Å²) >= 11 is 6.19. The van der Waals surface area contributed by atoms with Gasteiger partial charge in [0.25, 0.3) is 10.0 Å². The third-order valence-electron chi connectivity index (χ3n) is 6.91. The maximum Gasteiger partial charge on any atom is 0.264 e. The Morgan fingerprint density at radius 2 is 1.65 bits per heavy atom. The van der Waals surface area contributed by atoms with Crippen molar-refractivity contribution < 1.29 is 18.0 Å². The number of unbranched alkanes of at least 4 members (excludes halogenated alkanes) is 1. The summed E-state index contributed by atoms with van der Waals surface area (Å²) in [7, 11) is -4.11. The first-order chi connectivity index (χ1) is 18.9. The van der Waals surface area contributed by atoms with Crippen LogP contribution >= 0.6 is 11.6 Å². The van der Waals surface area contributed by atoms with Gasteiger partial charge >= 0.3 is 0 Å². The van der Waals surface area contributed by atoms with Crippen molar-refractivity contribution >= 4 is 39.1 Å². The molecule has 0 bridgehead atoms. The minimum absolute atomic E-state index is 0.0795.